The van der Waals surface area contributed by atoms with E-state index in [2.05, 4.69) is 20.5 Å². The second-order valence-corrected chi connectivity index (χ2v) is 7.14. The number of nitrogens with one attached hydrogen (secondary N) is 2. The van der Waals surface area contributed by atoms with E-state index < -0.39 is 0 Å². The molecule has 26 heavy (non-hydrogen) atoms. The van der Waals surface area contributed by atoms with Gasteiger partial charge in [0, 0.05) is 44.3 Å². The molecule has 144 valence electrons. The quantitative estimate of drug-likeness (QED) is 0.603. The number of para-hydroxylation sites is 1. The van der Waals surface area contributed by atoms with Gasteiger partial charge in [-0.15, -0.1) is 0 Å². The lowest BCUT2D eigenvalue weighted by molar-refractivity contribution is 0.242. The number of aliphatic imine (C=N–C) groups is 1. The first-order valence-corrected chi connectivity index (χ1v) is 9.66. The van der Waals surface area contributed by atoms with Gasteiger partial charge in [-0.3, -0.25) is 9.89 Å². The van der Waals surface area contributed by atoms with Crippen LogP contribution in [0.4, 0.5) is 0 Å². The molecule has 1 aromatic rings. The van der Waals surface area contributed by atoms with Crippen molar-refractivity contribution in [3.63, 3.8) is 0 Å². The predicted molar refractivity (Wildman–Crippen MR) is 105 cm³/mol. The summed E-state index contributed by atoms with van der Waals surface area (Å²) in [5.74, 6) is 2.36. The molecule has 1 aromatic carbocycles. The number of likely N-dealkylation sites (tertiary alicyclic amines) is 1. The van der Waals surface area contributed by atoms with Gasteiger partial charge in [0.2, 0.25) is 0 Å². The van der Waals surface area contributed by atoms with Crippen LogP contribution in [0.3, 0.4) is 0 Å². The minimum absolute atomic E-state index is 0.467. The molecule has 0 bridgehead atoms. The fourth-order valence-corrected chi connectivity index (χ4v) is 4.17. The molecular weight excluding hydrogens is 328 g/mol. The van der Waals surface area contributed by atoms with Gasteiger partial charge < -0.3 is 20.1 Å². The molecule has 1 heterocycles. The normalized spacial score (nSPS) is 21.8. The SMILES string of the molecule is CN=C(NCc1cccc(OC)c1OC)NC1CCN(C2CCCC2)C1. The maximum Gasteiger partial charge on any atom is 0.191 e. The third-order valence-electron chi connectivity index (χ3n) is 5.56. The number of rotatable bonds is 6. The third kappa shape index (κ3) is 4.41. The van der Waals surface area contributed by atoms with Gasteiger partial charge in [-0.2, -0.15) is 0 Å². The van der Waals surface area contributed by atoms with Gasteiger partial charge in [-0.05, 0) is 25.3 Å². The van der Waals surface area contributed by atoms with E-state index in [-0.39, 0.29) is 0 Å². The molecule has 1 unspecified atom stereocenters. The zero-order chi connectivity index (χ0) is 18.4. The van der Waals surface area contributed by atoms with Crippen molar-refractivity contribution in [1.29, 1.82) is 0 Å². The van der Waals surface area contributed by atoms with Crippen LogP contribution in [0, 0.1) is 0 Å². The molecule has 1 saturated heterocycles. The van der Waals surface area contributed by atoms with Gasteiger partial charge in [-0.1, -0.05) is 25.0 Å². The van der Waals surface area contributed by atoms with Crippen LogP contribution < -0.4 is 20.1 Å². The van der Waals surface area contributed by atoms with Crippen LogP contribution in [0.2, 0.25) is 0 Å². The molecule has 1 saturated carbocycles. The van der Waals surface area contributed by atoms with E-state index in [0.717, 1.165) is 35.6 Å². The molecule has 3 rings (SSSR count). The molecular formula is C20H32N4O2. The molecule has 0 radical (unpaired) electrons. The van der Waals surface area contributed by atoms with E-state index in [0.29, 0.717) is 12.6 Å². The summed E-state index contributed by atoms with van der Waals surface area (Å²) in [4.78, 5) is 7.05. The topological polar surface area (TPSA) is 58.1 Å². The van der Waals surface area contributed by atoms with Crippen molar-refractivity contribution in [2.45, 2.75) is 50.7 Å². The Morgan fingerprint density at radius 2 is 2.00 bits per heavy atom. The summed E-state index contributed by atoms with van der Waals surface area (Å²) in [6.07, 6.45) is 6.71. The first-order chi connectivity index (χ1) is 12.7. The van der Waals surface area contributed by atoms with Crippen molar-refractivity contribution < 1.29 is 9.47 Å². The van der Waals surface area contributed by atoms with Gasteiger partial charge in [0.25, 0.3) is 0 Å². The second kappa shape index (κ2) is 9.12. The number of ether oxygens (including phenoxy) is 2. The molecule has 1 atom stereocenters. The second-order valence-electron chi connectivity index (χ2n) is 7.14. The minimum Gasteiger partial charge on any atom is -0.493 e. The molecule has 0 aromatic heterocycles. The minimum atomic E-state index is 0.467. The fraction of sp³-hybridized carbons (Fsp3) is 0.650. The fourth-order valence-electron chi connectivity index (χ4n) is 4.17. The summed E-state index contributed by atoms with van der Waals surface area (Å²) in [6.45, 7) is 2.95. The molecule has 2 fully saturated rings. The Morgan fingerprint density at radius 3 is 2.69 bits per heavy atom. The summed E-state index contributed by atoms with van der Waals surface area (Å²) in [7, 11) is 5.15. The predicted octanol–water partition coefficient (Wildman–Crippen LogP) is 2.39. The van der Waals surface area contributed by atoms with E-state index in [4.69, 9.17) is 9.47 Å². The molecule has 0 amide bonds. The van der Waals surface area contributed by atoms with Crippen LogP contribution in [-0.2, 0) is 6.54 Å². The van der Waals surface area contributed by atoms with E-state index in [1.54, 1.807) is 14.2 Å². The Bertz CT molecular complexity index is 614. The molecule has 1 aliphatic carbocycles. The van der Waals surface area contributed by atoms with Crippen LogP contribution >= 0.6 is 0 Å². The van der Waals surface area contributed by atoms with E-state index in [1.165, 1.54) is 38.6 Å². The highest BCUT2D eigenvalue weighted by Gasteiger charge is 2.30. The highest BCUT2D eigenvalue weighted by molar-refractivity contribution is 5.80. The highest BCUT2D eigenvalue weighted by Crippen LogP contribution is 2.30. The number of benzene rings is 1. The Balaban J connectivity index is 1.53. The Kier molecular flexibility index (Phi) is 6.61. The first-order valence-electron chi connectivity index (χ1n) is 9.66. The molecule has 0 spiro atoms. The van der Waals surface area contributed by atoms with Gasteiger partial charge >= 0.3 is 0 Å². The summed E-state index contributed by atoms with van der Waals surface area (Å²) >= 11 is 0. The summed E-state index contributed by atoms with van der Waals surface area (Å²) in [6, 6.07) is 7.20. The Labute approximate surface area is 157 Å². The maximum atomic E-state index is 5.51. The van der Waals surface area contributed by atoms with Gasteiger partial charge in [-0.25, -0.2) is 0 Å². The van der Waals surface area contributed by atoms with E-state index in [9.17, 15) is 0 Å². The third-order valence-corrected chi connectivity index (χ3v) is 5.56. The number of guanidine groups is 1. The monoisotopic (exact) mass is 360 g/mol. The lowest BCUT2D eigenvalue weighted by atomic mass is 10.2. The summed E-state index contributed by atoms with van der Waals surface area (Å²) in [5, 5.41) is 6.99. The van der Waals surface area contributed by atoms with Crippen molar-refractivity contribution in [3.05, 3.63) is 23.8 Å². The largest absolute Gasteiger partial charge is 0.493 e. The smallest absolute Gasteiger partial charge is 0.191 e. The Morgan fingerprint density at radius 1 is 1.19 bits per heavy atom. The van der Waals surface area contributed by atoms with Crippen molar-refractivity contribution in [1.82, 2.24) is 15.5 Å². The maximum absolute atomic E-state index is 5.51. The molecule has 6 heteroatoms. The zero-order valence-electron chi connectivity index (χ0n) is 16.3. The van der Waals surface area contributed by atoms with Crippen LogP contribution in [-0.4, -0.2) is 57.3 Å². The molecule has 2 aliphatic rings. The van der Waals surface area contributed by atoms with Crippen LogP contribution in [0.5, 0.6) is 11.5 Å². The van der Waals surface area contributed by atoms with Crippen molar-refractivity contribution in [2.75, 3.05) is 34.4 Å². The average molecular weight is 361 g/mol. The number of nitrogens with zero attached hydrogens (tertiary/aromatic N) is 2. The lowest BCUT2D eigenvalue weighted by Gasteiger charge is -2.24. The van der Waals surface area contributed by atoms with Crippen molar-refractivity contribution >= 4 is 5.96 Å². The first kappa shape index (κ1) is 18.8. The summed E-state index contributed by atoms with van der Waals surface area (Å²) < 4.78 is 10.9. The van der Waals surface area contributed by atoms with Crippen molar-refractivity contribution in [2.24, 2.45) is 4.99 Å². The highest BCUT2D eigenvalue weighted by atomic mass is 16.5. The van der Waals surface area contributed by atoms with E-state index >= 15 is 0 Å². The van der Waals surface area contributed by atoms with Gasteiger partial charge in [0.15, 0.2) is 17.5 Å². The lowest BCUT2D eigenvalue weighted by Crippen LogP contribution is -2.45. The Hall–Kier alpha value is -1.95. The van der Waals surface area contributed by atoms with Crippen LogP contribution in [0.15, 0.2) is 23.2 Å². The number of hydrogen-bond donors (Lipinski definition) is 2. The summed E-state index contributed by atoms with van der Waals surface area (Å²) in [5.41, 5.74) is 1.05. The molecule has 2 N–H and O–H groups in total. The van der Waals surface area contributed by atoms with Crippen LogP contribution in [0.25, 0.3) is 0 Å². The zero-order valence-corrected chi connectivity index (χ0v) is 16.3. The number of methoxy groups -OCH3 is 2. The van der Waals surface area contributed by atoms with Gasteiger partial charge in [0.05, 0.1) is 14.2 Å². The average Bonchev–Trinajstić information content (AvgIpc) is 3.36. The van der Waals surface area contributed by atoms with Gasteiger partial charge in [0.1, 0.15) is 0 Å². The molecule has 6 nitrogen and oxygen atoms in total. The molecule has 1 aliphatic heterocycles. The van der Waals surface area contributed by atoms with E-state index in [1.807, 2.05) is 25.2 Å². The van der Waals surface area contributed by atoms with Crippen LogP contribution in [0.1, 0.15) is 37.7 Å². The van der Waals surface area contributed by atoms with Crippen molar-refractivity contribution in [3.8, 4) is 11.5 Å². The number of hydrogen-bond acceptors (Lipinski definition) is 4. The standard InChI is InChI=1S/C20H32N4O2/c1-21-20(22-13-15-7-6-10-18(25-2)19(15)26-3)23-16-11-12-24(14-16)17-8-4-5-9-17/h6-7,10,16-17H,4-5,8-9,11-14H2,1-3H3,(H2,21,22,23).